The maximum atomic E-state index is 12.7. The van der Waals surface area contributed by atoms with Gasteiger partial charge < -0.3 is 19.7 Å². The van der Waals surface area contributed by atoms with Crippen LogP contribution in [0.4, 0.5) is 5.69 Å². The first-order valence-electron chi connectivity index (χ1n) is 8.52. The molecule has 2 aromatic carbocycles. The van der Waals surface area contributed by atoms with E-state index in [2.05, 4.69) is 5.32 Å². The molecule has 0 spiro atoms. The first kappa shape index (κ1) is 17.9. The number of carbonyl (C=O) groups is 2. The van der Waals surface area contributed by atoms with Gasteiger partial charge in [-0.3, -0.25) is 9.59 Å². The van der Waals surface area contributed by atoms with Crippen molar-refractivity contribution in [2.75, 3.05) is 38.7 Å². The molecular formula is C20H22N2O4. The molecule has 6 nitrogen and oxygen atoms in total. The topological polar surface area (TPSA) is 67.9 Å². The highest BCUT2D eigenvalue weighted by atomic mass is 16.5. The summed E-state index contributed by atoms with van der Waals surface area (Å²) < 4.78 is 10.6. The molecule has 1 N–H and O–H groups in total. The normalized spacial score (nSPS) is 14.0. The van der Waals surface area contributed by atoms with E-state index in [1.165, 1.54) is 7.11 Å². The predicted octanol–water partition coefficient (Wildman–Crippen LogP) is 2.73. The fraction of sp³-hybridized carbons (Fsp3) is 0.300. The Morgan fingerprint density at radius 3 is 2.54 bits per heavy atom. The van der Waals surface area contributed by atoms with E-state index >= 15 is 0 Å². The van der Waals surface area contributed by atoms with Crippen LogP contribution in [0.1, 0.15) is 26.3 Å². The Hall–Kier alpha value is -2.86. The molecular weight excluding hydrogens is 332 g/mol. The van der Waals surface area contributed by atoms with Crippen LogP contribution in [0.15, 0.2) is 42.5 Å². The number of hydrogen-bond acceptors (Lipinski definition) is 4. The maximum Gasteiger partial charge on any atom is 0.256 e. The van der Waals surface area contributed by atoms with Crippen molar-refractivity contribution in [3.63, 3.8) is 0 Å². The summed E-state index contributed by atoms with van der Waals surface area (Å²) in [4.78, 5) is 27.0. The summed E-state index contributed by atoms with van der Waals surface area (Å²) >= 11 is 0. The van der Waals surface area contributed by atoms with Crippen LogP contribution in [0.2, 0.25) is 0 Å². The van der Waals surface area contributed by atoms with E-state index < -0.39 is 0 Å². The highest BCUT2D eigenvalue weighted by molar-refractivity contribution is 6.06. The largest absolute Gasteiger partial charge is 0.495 e. The van der Waals surface area contributed by atoms with Crippen LogP contribution >= 0.6 is 0 Å². The first-order chi connectivity index (χ1) is 12.6. The lowest BCUT2D eigenvalue weighted by molar-refractivity contribution is 0.0303. The zero-order valence-electron chi connectivity index (χ0n) is 15.0. The lowest BCUT2D eigenvalue weighted by atomic mass is 10.1. The fourth-order valence-corrected chi connectivity index (χ4v) is 2.91. The second-order valence-electron chi connectivity index (χ2n) is 6.09. The van der Waals surface area contributed by atoms with E-state index in [4.69, 9.17) is 9.47 Å². The molecule has 0 aliphatic carbocycles. The standard InChI is InChI=1S/C20H22N2O4/c1-14-5-3-4-6-16(14)19(23)21-17-13-15(7-8-18(17)25-2)20(24)22-9-11-26-12-10-22/h3-8,13H,9-12H2,1-2H3,(H,21,23). The number of rotatable bonds is 4. The smallest absolute Gasteiger partial charge is 0.256 e. The van der Waals surface area contributed by atoms with Gasteiger partial charge in [-0.25, -0.2) is 0 Å². The van der Waals surface area contributed by atoms with Crippen molar-refractivity contribution in [3.8, 4) is 5.75 Å². The Balaban J connectivity index is 1.84. The Labute approximate surface area is 152 Å². The monoisotopic (exact) mass is 354 g/mol. The van der Waals surface area contributed by atoms with Crippen molar-refractivity contribution >= 4 is 17.5 Å². The zero-order chi connectivity index (χ0) is 18.5. The van der Waals surface area contributed by atoms with Gasteiger partial charge in [0.25, 0.3) is 11.8 Å². The average Bonchev–Trinajstić information content (AvgIpc) is 2.68. The molecule has 0 bridgehead atoms. The second kappa shape index (κ2) is 8.01. The minimum absolute atomic E-state index is 0.0812. The summed E-state index contributed by atoms with van der Waals surface area (Å²) in [5, 5.41) is 2.86. The van der Waals surface area contributed by atoms with Crippen molar-refractivity contribution in [1.82, 2.24) is 4.90 Å². The highest BCUT2D eigenvalue weighted by Gasteiger charge is 2.20. The fourth-order valence-electron chi connectivity index (χ4n) is 2.91. The van der Waals surface area contributed by atoms with E-state index in [1.54, 1.807) is 29.2 Å². The summed E-state index contributed by atoms with van der Waals surface area (Å²) in [6, 6.07) is 12.4. The van der Waals surface area contributed by atoms with E-state index in [1.807, 2.05) is 25.1 Å². The molecule has 0 radical (unpaired) electrons. The van der Waals surface area contributed by atoms with Gasteiger partial charge in [0.2, 0.25) is 0 Å². The predicted molar refractivity (Wildman–Crippen MR) is 98.8 cm³/mol. The van der Waals surface area contributed by atoms with Crippen LogP contribution in [0, 0.1) is 6.92 Å². The van der Waals surface area contributed by atoms with Crippen LogP contribution in [-0.2, 0) is 4.74 Å². The second-order valence-corrected chi connectivity index (χ2v) is 6.09. The summed E-state index contributed by atoms with van der Waals surface area (Å²) in [6.45, 7) is 4.09. The van der Waals surface area contributed by atoms with Gasteiger partial charge >= 0.3 is 0 Å². The Kier molecular flexibility index (Phi) is 5.53. The molecule has 3 rings (SSSR count). The van der Waals surface area contributed by atoms with Gasteiger partial charge in [-0.15, -0.1) is 0 Å². The minimum Gasteiger partial charge on any atom is -0.495 e. The van der Waals surface area contributed by atoms with Gasteiger partial charge in [0.1, 0.15) is 5.75 Å². The van der Waals surface area contributed by atoms with Gasteiger partial charge in [0.15, 0.2) is 0 Å². The van der Waals surface area contributed by atoms with Crippen LogP contribution in [0.3, 0.4) is 0 Å². The Bertz CT molecular complexity index is 813. The Morgan fingerprint density at radius 2 is 1.85 bits per heavy atom. The number of carbonyl (C=O) groups excluding carboxylic acids is 2. The summed E-state index contributed by atoms with van der Waals surface area (Å²) in [6.07, 6.45) is 0. The van der Waals surface area contributed by atoms with Crippen molar-refractivity contribution < 1.29 is 19.1 Å². The van der Waals surface area contributed by atoms with Gasteiger partial charge in [-0.2, -0.15) is 0 Å². The third-order valence-electron chi connectivity index (χ3n) is 4.38. The van der Waals surface area contributed by atoms with Crippen molar-refractivity contribution in [3.05, 3.63) is 59.2 Å². The summed E-state index contributed by atoms with van der Waals surface area (Å²) in [5.41, 5.74) is 2.44. The van der Waals surface area contributed by atoms with E-state index in [0.29, 0.717) is 48.9 Å². The molecule has 0 atom stereocenters. The number of nitrogens with zero attached hydrogens (tertiary/aromatic N) is 1. The molecule has 0 unspecified atom stereocenters. The number of methoxy groups -OCH3 is 1. The SMILES string of the molecule is COc1ccc(C(=O)N2CCOCC2)cc1NC(=O)c1ccccc1C. The number of benzene rings is 2. The first-order valence-corrected chi connectivity index (χ1v) is 8.52. The van der Waals surface area contributed by atoms with Crippen molar-refractivity contribution in [2.24, 2.45) is 0 Å². The third-order valence-corrected chi connectivity index (χ3v) is 4.38. The van der Waals surface area contributed by atoms with Gasteiger partial charge in [-0.05, 0) is 36.8 Å². The highest BCUT2D eigenvalue weighted by Crippen LogP contribution is 2.27. The number of anilines is 1. The zero-order valence-corrected chi connectivity index (χ0v) is 15.0. The van der Waals surface area contributed by atoms with Gasteiger partial charge in [0, 0.05) is 24.2 Å². The molecule has 1 fully saturated rings. The van der Waals surface area contributed by atoms with Crippen LogP contribution in [-0.4, -0.2) is 50.1 Å². The van der Waals surface area contributed by atoms with Crippen molar-refractivity contribution in [2.45, 2.75) is 6.92 Å². The Morgan fingerprint density at radius 1 is 1.12 bits per heavy atom. The maximum absolute atomic E-state index is 12.7. The van der Waals surface area contributed by atoms with Crippen LogP contribution in [0.5, 0.6) is 5.75 Å². The molecule has 26 heavy (non-hydrogen) atoms. The van der Waals surface area contributed by atoms with E-state index in [0.717, 1.165) is 5.56 Å². The molecule has 2 amide bonds. The van der Waals surface area contributed by atoms with Gasteiger partial charge in [-0.1, -0.05) is 18.2 Å². The minimum atomic E-state index is -0.239. The lowest BCUT2D eigenvalue weighted by Gasteiger charge is -2.27. The number of ether oxygens (including phenoxy) is 2. The summed E-state index contributed by atoms with van der Waals surface area (Å²) in [7, 11) is 1.53. The molecule has 1 saturated heterocycles. The molecule has 1 aliphatic rings. The van der Waals surface area contributed by atoms with Gasteiger partial charge in [0.05, 0.1) is 26.0 Å². The molecule has 1 aliphatic heterocycles. The molecule has 1 heterocycles. The molecule has 136 valence electrons. The lowest BCUT2D eigenvalue weighted by Crippen LogP contribution is -2.40. The molecule has 2 aromatic rings. The quantitative estimate of drug-likeness (QED) is 0.917. The number of amides is 2. The van der Waals surface area contributed by atoms with E-state index in [-0.39, 0.29) is 11.8 Å². The van der Waals surface area contributed by atoms with E-state index in [9.17, 15) is 9.59 Å². The molecule has 6 heteroatoms. The third kappa shape index (κ3) is 3.86. The number of aryl methyl sites for hydroxylation is 1. The van der Waals surface area contributed by atoms with Crippen molar-refractivity contribution in [1.29, 1.82) is 0 Å². The van der Waals surface area contributed by atoms with Crippen LogP contribution in [0.25, 0.3) is 0 Å². The number of nitrogens with one attached hydrogen (secondary N) is 1. The average molecular weight is 354 g/mol. The number of morpholine rings is 1. The molecule has 0 saturated carbocycles. The summed E-state index contributed by atoms with van der Waals surface area (Å²) in [5.74, 6) is 0.185. The number of hydrogen-bond donors (Lipinski definition) is 1. The molecule has 0 aromatic heterocycles. The van der Waals surface area contributed by atoms with Crippen LogP contribution < -0.4 is 10.1 Å².